The summed E-state index contributed by atoms with van der Waals surface area (Å²) >= 11 is 6.60. The Morgan fingerprint density at radius 1 is 0.933 bits per heavy atom. The number of rotatable bonds is 7. The van der Waals surface area contributed by atoms with E-state index in [0.29, 0.717) is 6.10 Å². The number of benzene rings is 1. The molecule has 0 amide bonds. The van der Waals surface area contributed by atoms with Crippen LogP contribution in [-0.4, -0.2) is 61.5 Å². The minimum atomic E-state index is 0.286. The quantitative estimate of drug-likeness (QED) is 0.621. The molecular formula is C24H35ClN2O3. The van der Waals surface area contributed by atoms with Crippen LogP contribution in [0.1, 0.15) is 56.9 Å². The monoisotopic (exact) mass is 434 g/mol. The maximum Gasteiger partial charge on any atom is 0.231 e. The molecule has 1 aromatic rings. The van der Waals surface area contributed by atoms with Crippen molar-refractivity contribution in [2.24, 2.45) is 5.92 Å². The molecule has 3 aliphatic heterocycles. The fourth-order valence-electron chi connectivity index (χ4n) is 5.74. The summed E-state index contributed by atoms with van der Waals surface area (Å²) in [6.07, 6.45) is 11.0. The molecule has 0 N–H and O–H groups in total. The van der Waals surface area contributed by atoms with E-state index in [-0.39, 0.29) is 6.79 Å². The summed E-state index contributed by atoms with van der Waals surface area (Å²) in [4.78, 5) is 5.35. The number of halogens is 1. The predicted molar refractivity (Wildman–Crippen MR) is 118 cm³/mol. The molecule has 0 aromatic heterocycles. The highest BCUT2D eigenvalue weighted by Crippen LogP contribution is 2.37. The third-order valence-electron chi connectivity index (χ3n) is 7.43. The van der Waals surface area contributed by atoms with Crippen molar-refractivity contribution in [1.29, 1.82) is 0 Å². The summed E-state index contributed by atoms with van der Waals surface area (Å²) in [5, 5.41) is 0.771. The summed E-state index contributed by atoms with van der Waals surface area (Å²) < 4.78 is 17.0. The first-order valence-corrected chi connectivity index (χ1v) is 12.3. The number of nitrogens with zero attached hydrogens (tertiary/aromatic N) is 2. The molecule has 6 heteroatoms. The van der Waals surface area contributed by atoms with Gasteiger partial charge in [0.05, 0.1) is 6.10 Å². The molecule has 2 saturated heterocycles. The minimum Gasteiger partial charge on any atom is -0.454 e. The Morgan fingerprint density at radius 3 is 2.43 bits per heavy atom. The first-order valence-electron chi connectivity index (χ1n) is 11.9. The van der Waals surface area contributed by atoms with E-state index in [1.165, 1.54) is 64.5 Å². The second-order valence-electron chi connectivity index (χ2n) is 9.54. The van der Waals surface area contributed by atoms with Gasteiger partial charge in [-0.1, -0.05) is 24.4 Å². The molecule has 3 heterocycles. The SMILES string of the molecule is Clc1cc2c(cc1CN(CC1CCN(C3CCCC3)CC1)C[C@H]1CCCO1)OCO2. The number of hydrogen-bond acceptors (Lipinski definition) is 5. The predicted octanol–water partition coefficient (Wildman–Crippen LogP) is 4.70. The zero-order valence-electron chi connectivity index (χ0n) is 18.0. The average molecular weight is 435 g/mol. The van der Waals surface area contributed by atoms with Crippen LogP contribution in [0, 0.1) is 5.92 Å². The van der Waals surface area contributed by atoms with Gasteiger partial charge in [-0.3, -0.25) is 4.90 Å². The van der Waals surface area contributed by atoms with Gasteiger partial charge in [-0.25, -0.2) is 0 Å². The molecule has 30 heavy (non-hydrogen) atoms. The third-order valence-corrected chi connectivity index (χ3v) is 7.78. The lowest BCUT2D eigenvalue weighted by Crippen LogP contribution is -2.43. The maximum absolute atomic E-state index is 6.60. The van der Waals surface area contributed by atoms with E-state index in [1.54, 1.807) is 0 Å². The molecule has 4 aliphatic rings. The molecule has 166 valence electrons. The lowest BCUT2D eigenvalue weighted by Gasteiger charge is -2.38. The van der Waals surface area contributed by atoms with Crippen LogP contribution in [-0.2, 0) is 11.3 Å². The smallest absolute Gasteiger partial charge is 0.231 e. The molecule has 0 bridgehead atoms. The minimum absolute atomic E-state index is 0.286. The zero-order valence-corrected chi connectivity index (χ0v) is 18.7. The fraction of sp³-hybridized carbons (Fsp3) is 0.750. The van der Waals surface area contributed by atoms with Crippen molar-refractivity contribution in [2.75, 3.05) is 39.6 Å². The molecule has 5 nitrogen and oxygen atoms in total. The lowest BCUT2D eigenvalue weighted by molar-refractivity contribution is 0.0540. The Balaban J connectivity index is 1.22. The maximum atomic E-state index is 6.60. The fourth-order valence-corrected chi connectivity index (χ4v) is 5.95. The first kappa shape index (κ1) is 20.9. The molecule has 1 aromatic carbocycles. The number of hydrogen-bond donors (Lipinski definition) is 0. The van der Waals surface area contributed by atoms with Gasteiger partial charge in [-0.2, -0.15) is 0 Å². The number of fused-ring (bicyclic) bond motifs is 1. The Kier molecular flexibility index (Phi) is 6.71. The Morgan fingerprint density at radius 2 is 1.70 bits per heavy atom. The highest BCUT2D eigenvalue weighted by atomic mass is 35.5. The Labute approximate surface area is 185 Å². The molecule has 1 atom stereocenters. The van der Waals surface area contributed by atoms with Crippen LogP contribution in [0.2, 0.25) is 5.02 Å². The number of piperidine rings is 1. The normalized spacial score (nSPS) is 25.6. The van der Waals surface area contributed by atoms with E-state index in [9.17, 15) is 0 Å². The third kappa shape index (κ3) is 4.90. The molecule has 5 rings (SSSR count). The Bertz CT molecular complexity index is 711. The van der Waals surface area contributed by atoms with Crippen molar-refractivity contribution in [3.8, 4) is 11.5 Å². The van der Waals surface area contributed by atoms with Crippen LogP contribution < -0.4 is 9.47 Å². The van der Waals surface area contributed by atoms with E-state index in [1.807, 2.05) is 6.07 Å². The van der Waals surface area contributed by atoms with Crippen molar-refractivity contribution in [2.45, 2.75) is 70.1 Å². The first-order chi connectivity index (χ1) is 14.7. The van der Waals surface area contributed by atoms with Crippen LogP contribution in [0.25, 0.3) is 0 Å². The lowest BCUT2D eigenvalue weighted by atomic mass is 9.94. The van der Waals surface area contributed by atoms with Gasteiger partial charge in [0.1, 0.15) is 0 Å². The van der Waals surface area contributed by atoms with Gasteiger partial charge in [0.25, 0.3) is 0 Å². The topological polar surface area (TPSA) is 34.2 Å². The van der Waals surface area contributed by atoms with Crippen LogP contribution in [0.3, 0.4) is 0 Å². The van der Waals surface area contributed by atoms with Gasteiger partial charge in [-0.05, 0) is 69.2 Å². The van der Waals surface area contributed by atoms with Gasteiger partial charge in [0, 0.05) is 43.4 Å². The second kappa shape index (κ2) is 9.64. The highest BCUT2D eigenvalue weighted by molar-refractivity contribution is 6.31. The van der Waals surface area contributed by atoms with E-state index in [4.69, 9.17) is 25.8 Å². The van der Waals surface area contributed by atoms with Crippen LogP contribution in [0.5, 0.6) is 11.5 Å². The largest absolute Gasteiger partial charge is 0.454 e. The van der Waals surface area contributed by atoms with Crippen molar-refractivity contribution < 1.29 is 14.2 Å². The average Bonchev–Trinajstić information content (AvgIpc) is 3.52. The zero-order chi connectivity index (χ0) is 20.3. The molecule has 0 spiro atoms. The van der Waals surface area contributed by atoms with Gasteiger partial charge in [0.2, 0.25) is 6.79 Å². The number of ether oxygens (including phenoxy) is 3. The van der Waals surface area contributed by atoms with Crippen molar-refractivity contribution >= 4 is 11.6 Å². The van der Waals surface area contributed by atoms with Crippen molar-refractivity contribution in [3.05, 3.63) is 22.7 Å². The van der Waals surface area contributed by atoms with Gasteiger partial charge < -0.3 is 19.1 Å². The van der Waals surface area contributed by atoms with E-state index < -0.39 is 0 Å². The summed E-state index contributed by atoms with van der Waals surface area (Å²) in [6, 6.07) is 4.83. The summed E-state index contributed by atoms with van der Waals surface area (Å²) in [5.74, 6) is 2.34. The molecular weight excluding hydrogens is 400 g/mol. The van der Waals surface area contributed by atoms with E-state index in [0.717, 1.165) is 60.3 Å². The van der Waals surface area contributed by atoms with Crippen molar-refractivity contribution in [1.82, 2.24) is 9.80 Å². The number of likely N-dealkylation sites (tertiary alicyclic amines) is 1. The van der Waals surface area contributed by atoms with Gasteiger partial charge in [-0.15, -0.1) is 0 Å². The summed E-state index contributed by atoms with van der Waals surface area (Å²) in [6.45, 7) is 6.70. The molecule has 1 saturated carbocycles. The summed E-state index contributed by atoms with van der Waals surface area (Å²) in [7, 11) is 0. The van der Waals surface area contributed by atoms with Gasteiger partial charge in [0.15, 0.2) is 11.5 Å². The van der Waals surface area contributed by atoms with Crippen molar-refractivity contribution in [3.63, 3.8) is 0 Å². The Hall–Kier alpha value is -1.01. The van der Waals surface area contributed by atoms with Gasteiger partial charge >= 0.3 is 0 Å². The molecule has 3 fully saturated rings. The van der Waals surface area contributed by atoms with E-state index in [2.05, 4.69) is 15.9 Å². The van der Waals surface area contributed by atoms with Crippen LogP contribution >= 0.6 is 11.6 Å². The van der Waals surface area contributed by atoms with E-state index >= 15 is 0 Å². The second-order valence-corrected chi connectivity index (χ2v) is 9.95. The highest BCUT2D eigenvalue weighted by Gasteiger charge is 2.29. The molecule has 0 radical (unpaired) electrons. The van der Waals surface area contributed by atoms with Crippen LogP contribution in [0.15, 0.2) is 12.1 Å². The molecule has 1 aliphatic carbocycles. The summed E-state index contributed by atoms with van der Waals surface area (Å²) in [5.41, 5.74) is 1.13. The standard InChI is InChI=1S/C24H35ClN2O3/c25-22-13-24-23(29-17-30-24)12-19(22)15-26(16-21-6-3-11-28-21)14-18-7-9-27(10-8-18)20-4-1-2-5-20/h12-13,18,20-21H,1-11,14-17H2/t21-/m1/s1. The van der Waals surface area contributed by atoms with Crippen LogP contribution in [0.4, 0.5) is 0 Å². The molecule has 0 unspecified atom stereocenters.